The van der Waals surface area contributed by atoms with Gasteiger partial charge in [-0.05, 0) is 60.7 Å². The highest BCUT2D eigenvalue weighted by molar-refractivity contribution is 9.13. The molecule has 1 nitrogen and oxygen atoms in total. The van der Waals surface area contributed by atoms with Crippen molar-refractivity contribution in [3.63, 3.8) is 0 Å². The maximum absolute atomic E-state index is 5.05. The van der Waals surface area contributed by atoms with Gasteiger partial charge in [-0.3, -0.25) is 4.98 Å². The maximum atomic E-state index is 5.05. The molecule has 120 valence electrons. The Hall–Kier alpha value is -1.97. The number of rotatable bonds is 2. The number of fused-ring (bicyclic) bond motifs is 2. The fourth-order valence-corrected chi connectivity index (χ4v) is 4.49. The SMILES string of the molecule is Brc1cc2cc3c(nc2c(-c2ccccc2)c1Br)C3c1ccccc1. The van der Waals surface area contributed by atoms with Crippen LogP contribution in [0.2, 0.25) is 0 Å². The van der Waals surface area contributed by atoms with Crippen LogP contribution in [0.25, 0.3) is 22.0 Å². The van der Waals surface area contributed by atoms with E-state index in [4.69, 9.17) is 4.98 Å². The van der Waals surface area contributed by atoms with Crippen molar-refractivity contribution in [1.82, 2.24) is 4.98 Å². The van der Waals surface area contributed by atoms with Crippen LogP contribution >= 0.6 is 31.9 Å². The molecule has 1 heterocycles. The van der Waals surface area contributed by atoms with Gasteiger partial charge in [0.1, 0.15) is 0 Å². The van der Waals surface area contributed by atoms with E-state index in [-0.39, 0.29) is 0 Å². The Morgan fingerprint density at radius 1 is 0.800 bits per heavy atom. The van der Waals surface area contributed by atoms with E-state index in [0.717, 1.165) is 20.0 Å². The summed E-state index contributed by atoms with van der Waals surface area (Å²) >= 11 is 7.44. The molecule has 0 radical (unpaired) electrons. The lowest BCUT2D eigenvalue weighted by Gasteiger charge is -2.10. The molecule has 0 aliphatic heterocycles. The quantitative estimate of drug-likeness (QED) is 0.284. The lowest BCUT2D eigenvalue weighted by Crippen LogP contribution is -1.88. The third kappa shape index (κ3) is 2.45. The van der Waals surface area contributed by atoms with Gasteiger partial charge in [0.25, 0.3) is 0 Å². The molecule has 0 bridgehead atoms. The standard InChI is InChI=1S/C22H13Br2N/c23-17-12-15-11-16-18(13-7-3-1-4-8-13)22(16)25-21(15)19(20(17)24)14-9-5-2-6-10-14/h1-12,18H. The summed E-state index contributed by atoms with van der Waals surface area (Å²) in [4.78, 5) is 5.05. The molecule has 3 aromatic carbocycles. The second-order valence-corrected chi connectivity index (χ2v) is 7.94. The van der Waals surface area contributed by atoms with Crippen LogP contribution in [0.15, 0.2) is 81.7 Å². The summed E-state index contributed by atoms with van der Waals surface area (Å²) in [6.45, 7) is 0. The van der Waals surface area contributed by atoms with Gasteiger partial charge >= 0.3 is 0 Å². The van der Waals surface area contributed by atoms with Gasteiger partial charge in [-0.1, -0.05) is 60.7 Å². The van der Waals surface area contributed by atoms with Crippen LogP contribution in [0.1, 0.15) is 22.7 Å². The van der Waals surface area contributed by atoms with Crippen molar-refractivity contribution in [2.75, 3.05) is 0 Å². The Kier molecular flexibility index (Phi) is 3.54. The zero-order chi connectivity index (χ0) is 17.0. The number of nitrogens with zero attached hydrogens (tertiary/aromatic N) is 1. The largest absolute Gasteiger partial charge is 0.251 e. The minimum atomic E-state index is 0.342. The first-order chi connectivity index (χ1) is 12.2. The van der Waals surface area contributed by atoms with Crippen LogP contribution in [-0.4, -0.2) is 4.98 Å². The molecule has 1 aliphatic rings. The summed E-state index contributed by atoms with van der Waals surface area (Å²) < 4.78 is 2.10. The molecule has 0 amide bonds. The van der Waals surface area contributed by atoms with Crippen molar-refractivity contribution in [3.05, 3.63) is 98.6 Å². The monoisotopic (exact) mass is 449 g/mol. The van der Waals surface area contributed by atoms with E-state index < -0.39 is 0 Å². The van der Waals surface area contributed by atoms with E-state index in [9.17, 15) is 0 Å². The minimum absolute atomic E-state index is 0.342. The van der Waals surface area contributed by atoms with Crippen molar-refractivity contribution in [2.45, 2.75) is 5.92 Å². The highest BCUT2D eigenvalue weighted by atomic mass is 79.9. The van der Waals surface area contributed by atoms with Crippen molar-refractivity contribution in [1.29, 1.82) is 0 Å². The van der Waals surface area contributed by atoms with Gasteiger partial charge in [-0.15, -0.1) is 0 Å². The van der Waals surface area contributed by atoms with Gasteiger partial charge in [0, 0.05) is 19.9 Å². The molecule has 0 saturated heterocycles. The second-order valence-electron chi connectivity index (χ2n) is 6.29. The highest BCUT2D eigenvalue weighted by Gasteiger charge is 2.37. The van der Waals surface area contributed by atoms with E-state index in [1.165, 1.54) is 27.8 Å². The van der Waals surface area contributed by atoms with Crippen molar-refractivity contribution >= 4 is 42.8 Å². The van der Waals surface area contributed by atoms with Gasteiger partial charge < -0.3 is 0 Å². The predicted octanol–water partition coefficient (Wildman–Crippen LogP) is 6.92. The first-order valence-corrected chi connectivity index (χ1v) is 9.75. The van der Waals surface area contributed by atoms with Crippen molar-refractivity contribution in [3.8, 4) is 11.1 Å². The summed E-state index contributed by atoms with van der Waals surface area (Å²) in [5.41, 5.74) is 7.23. The Labute approximate surface area is 163 Å². The van der Waals surface area contributed by atoms with E-state index in [2.05, 4.69) is 98.6 Å². The Bertz CT molecular complexity index is 1110. The van der Waals surface area contributed by atoms with Crippen LogP contribution in [0.5, 0.6) is 0 Å². The first kappa shape index (κ1) is 15.3. The summed E-state index contributed by atoms with van der Waals surface area (Å²) in [7, 11) is 0. The van der Waals surface area contributed by atoms with E-state index >= 15 is 0 Å². The molecular formula is C22H13Br2N. The second kappa shape index (κ2) is 5.79. The lowest BCUT2D eigenvalue weighted by atomic mass is 10.0. The van der Waals surface area contributed by atoms with Gasteiger partial charge in [-0.25, -0.2) is 0 Å². The van der Waals surface area contributed by atoms with Gasteiger partial charge in [-0.2, -0.15) is 0 Å². The fourth-order valence-electron chi connectivity index (χ4n) is 3.52. The zero-order valence-electron chi connectivity index (χ0n) is 13.2. The van der Waals surface area contributed by atoms with E-state index in [1.54, 1.807) is 0 Å². The minimum Gasteiger partial charge on any atom is -0.251 e. The Morgan fingerprint density at radius 2 is 1.48 bits per heavy atom. The molecule has 25 heavy (non-hydrogen) atoms. The van der Waals surface area contributed by atoms with Crippen LogP contribution in [0, 0.1) is 0 Å². The Balaban J connectivity index is 1.75. The van der Waals surface area contributed by atoms with Crippen LogP contribution in [0.3, 0.4) is 0 Å². The van der Waals surface area contributed by atoms with Crippen LogP contribution in [-0.2, 0) is 0 Å². The smallest absolute Gasteiger partial charge is 0.0796 e. The summed E-state index contributed by atoms with van der Waals surface area (Å²) in [6.07, 6.45) is 0. The molecule has 0 fully saturated rings. The van der Waals surface area contributed by atoms with E-state index in [0.29, 0.717) is 5.92 Å². The average molecular weight is 451 g/mol. The molecule has 0 spiro atoms. The summed E-state index contributed by atoms with van der Waals surface area (Å²) in [5, 5.41) is 1.17. The molecule has 5 rings (SSSR count). The number of halogens is 2. The highest BCUT2D eigenvalue weighted by Crippen LogP contribution is 2.50. The van der Waals surface area contributed by atoms with Crippen molar-refractivity contribution < 1.29 is 0 Å². The van der Waals surface area contributed by atoms with Gasteiger partial charge in [0.15, 0.2) is 0 Å². The molecule has 0 N–H and O–H groups in total. The fraction of sp³-hybridized carbons (Fsp3) is 0.0455. The topological polar surface area (TPSA) is 12.9 Å². The molecule has 3 heteroatoms. The third-order valence-electron chi connectivity index (χ3n) is 4.76. The number of benzene rings is 3. The first-order valence-electron chi connectivity index (χ1n) is 8.17. The Morgan fingerprint density at radius 3 is 2.20 bits per heavy atom. The molecule has 4 aromatic rings. The lowest BCUT2D eigenvalue weighted by molar-refractivity contribution is 1.16. The zero-order valence-corrected chi connectivity index (χ0v) is 16.4. The maximum Gasteiger partial charge on any atom is 0.0796 e. The molecule has 1 aliphatic carbocycles. The average Bonchev–Trinajstić information content (AvgIpc) is 3.35. The number of aromatic nitrogens is 1. The van der Waals surface area contributed by atoms with E-state index in [1.807, 2.05) is 6.07 Å². The van der Waals surface area contributed by atoms with Gasteiger partial charge in [0.2, 0.25) is 0 Å². The number of hydrogen-bond acceptors (Lipinski definition) is 1. The molecular weight excluding hydrogens is 438 g/mol. The molecule has 1 atom stereocenters. The number of hydrogen-bond donors (Lipinski definition) is 0. The number of pyridine rings is 1. The van der Waals surface area contributed by atoms with Gasteiger partial charge in [0.05, 0.1) is 17.1 Å². The van der Waals surface area contributed by atoms with Crippen molar-refractivity contribution in [2.24, 2.45) is 0 Å². The molecule has 1 unspecified atom stereocenters. The van der Waals surface area contributed by atoms with Crippen LogP contribution in [0.4, 0.5) is 0 Å². The third-order valence-corrected chi connectivity index (χ3v) is 6.74. The summed E-state index contributed by atoms with van der Waals surface area (Å²) in [5.74, 6) is 0.342. The predicted molar refractivity (Wildman–Crippen MR) is 110 cm³/mol. The molecule has 1 aromatic heterocycles. The summed E-state index contributed by atoms with van der Waals surface area (Å²) in [6, 6.07) is 25.5. The molecule has 0 saturated carbocycles. The van der Waals surface area contributed by atoms with Crippen LogP contribution < -0.4 is 0 Å². The normalized spacial score (nSPS) is 15.2.